The lowest BCUT2D eigenvalue weighted by atomic mass is 10.3. The second-order valence-electron chi connectivity index (χ2n) is 2.63. The first kappa shape index (κ1) is 9.99. The molecule has 0 aliphatic rings. The van der Waals surface area contributed by atoms with Crippen LogP contribution in [0.15, 0.2) is 25.0 Å². The Morgan fingerprint density at radius 3 is 3.15 bits per heavy atom. The van der Waals surface area contributed by atoms with Crippen LogP contribution in [0.4, 0.5) is 0 Å². The van der Waals surface area contributed by atoms with Crippen molar-refractivity contribution in [3.05, 3.63) is 30.6 Å². The van der Waals surface area contributed by atoms with Gasteiger partial charge in [-0.1, -0.05) is 6.08 Å². The molecule has 0 bridgehead atoms. The summed E-state index contributed by atoms with van der Waals surface area (Å²) in [4.78, 5) is 11.1. The molecule has 4 heteroatoms. The molecule has 13 heavy (non-hydrogen) atoms. The van der Waals surface area contributed by atoms with Crippen LogP contribution in [0.2, 0.25) is 0 Å². The predicted molar refractivity (Wildman–Crippen MR) is 52.1 cm³/mol. The summed E-state index contributed by atoms with van der Waals surface area (Å²) in [7, 11) is 0. The lowest BCUT2D eigenvalue weighted by Crippen LogP contribution is -1.99. The van der Waals surface area contributed by atoms with Gasteiger partial charge in [0.2, 0.25) is 0 Å². The summed E-state index contributed by atoms with van der Waals surface area (Å²) < 4.78 is 1.71. The molecule has 0 saturated heterocycles. The molecule has 0 aromatic carbocycles. The summed E-state index contributed by atoms with van der Waals surface area (Å²) in [6.07, 6.45) is 5.89. The van der Waals surface area contributed by atoms with E-state index in [0.717, 1.165) is 13.0 Å². The number of hydrogen-bond acceptors (Lipinski definition) is 2. The standard InChI is InChI=1S/C9H11ClN2O/c1-2-3-4-12-7-8(6-11-12)9(13)5-10/h2,6-7H,1,3-5H2. The number of halogens is 1. The highest BCUT2D eigenvalue weighted by Crippen LogP contribution is 2.01. The van der Waals surface area contributed by atoms with Gasteiger partial charge >= 0.3 is 0 Å². The van der Waals surface area contributed by atoms with Crippen molar-refractivity contribution in [3.8, 4) is 0 Å². The first-order chi connectivity index (χ1) is 6.27. The molecule has 1 heterocycles. The van der Waals surface area contributed by atoms with E-state index in [-0.39, 0.29) is 11.7 Å². The quantitative estimate of drug-likeness (QED) is 0.411. The van der Waals surface area contributed by atoms with Crippen molar-refractivity contribution in [1.29, 1.82) is 0 Å². The molecule has 0 N–H and O–H groups in total. The normalized spacial score (nSPS) is 9.92. The SMILES string of the molecule is C=CCCn1cc(C(=O)CCl)cn1. The summed E-state index contributed by atoms with van der Waals surface area (Å²) in [5, 5.41) is 4.01. The van der Waals surface area contributed by atoms with Crippen molar-refractivity contribution < 1.29 is 4.79 Å². The van der Waals surface area contributed by atoms with Crippen LogP contribution in [0, 0.1) is 0 Å². The van der Waals surface area contributed by atoms with Crippen LogP contribution in [0.3, 0.4) is 0 Å². The van der Waals surface area contributed by atoms with E-state index in [9.17, 15) is 4.79 Å². The first-order valence-corrected chi connectivity index (χ1v) is 4.54. The largest absolute Gasteiger partial charge is 0.293 e. The van der Waals surface area contributed by atoms with E-state index in [1.165, 1.54) is 6.20 Å². The van der Waals surface area contributed by atoms with Crippen molar-refractivity contribution in [2.75, 3.05) is 5.88 Å². The zero-order valence-corrected chi connectivity index (χ0v) is 8.00. The minimum atomic E-state index is -0.0912. The molecule has 0 aliphatic carbocycles. The van der Waals surface area contributed by atoms with Crippen molar-refractivity contribution in [1.82, 2.24) is 9.78 Å². The molecule has 0 radical (unpaired) electrons. The van der Waals surface area contributed by atoms with E-state index in [1.807, 2.05) is 6.08 Å². The first-order valence-electron chi connectivity index (χ1n) is 4.00. The van der Waals surface area contributed by atoms with Crippen molar-refractivity contribution in [2.24, 2.45) is 0 Å². The third-order valence-corrected chi connectivity index (χ3v) is 1.88. The number of rotatable bonds is 5. The zero-order valence-electron chi connectivity index (χ0n) is 7.24. The van der Waals surface area contributed by atoms with Gasteiger partial charge in [0.1, 0.15) is 0 Å². The second-order valence-corrected chi connectivity index (χ2v) is 2.89. The Morgan fingerprint density at radius 1 is 1.77 bits per heavy atom. The number of Topliss-reactive ketones (excluding diaryl/α,β-unsaturated/α-hetero) is 1. The van der Waals surface area contributed by atoms with Gasteiger partial charge in [0, 0.05) is 12.7 Å². The summed E-state index contributed by atoms with van der Waals surface area (Å²) in [6.45, 7) is 4.35. The van der Waals surface area contributed by atoms with E-state index in [2.05, 4.69) is 11.7 Å². The van der Waals surface area contributed by atoms with E-state index in [0.29, 0.717) is 5.56 Å². The van der Waals surface area contributed by atoms with Gasteiger partial charge in [0.05, 0.1) is 17.6 Å². The van der Waals surface area contributed by atoms with Crippen molar-refractivity contribution in [3.63, 3.8) is 0 Å². The van der Waals surface area contributed by atoms with Gasteiger partial charge in [0.15, 0.2) is 5.78 Å². The van der Waals surface area contributed by atoms with Gasteiger partial charge in [-0.05, 0) is 6.42 Å². The Labute approximate surface area is 82.0 Å². The fraction of sp³-hybridized carbons (Fsp3) is 0.333. The van der Waals surface area contributed by atoms with E-state index in [1.54, 1.807) is 10.9 Å². The maximum Gasteiger partial charge on any atom is 0.180 e. The van der Waals surface area contributed by atoms with E-state index >= 15 is 0 Å². The predicted octanol–water partition coefficient (Wildman–Crippen LogP) is 1.88. The Balaban J connectivity index is 2.63. The number of allylic oxidation sites excluding steroid dienone is 1. The highest BCUT2D eigenvalue weighted by molar-refractivity contribution is 6.30. The van der Waals surface area contributed by atoms with Crippen LogP contribution < -0.4 is 0 Å². The molecule has 1 rings (SSSR count). The van der Waals surface area contributed by atoms with Gasteiger partial charge in [0.25, 0.3) is 0 Å². The highest BCUT2D eigenvalue weighted by atomic mass is 35.5. The molecule has 0 unspecified atom stereocenters. The Bertz CT molecular complexity index is 306. The smallest absolute Gasteiger partial charge is 0.180 e. The second kappa shape index (κ2) is 4.82. The number of carbonyl (C=O) groups is 1. The average Bonchev–Trinajstić information content (AvgIpc) is 2.62. The van der Waals surface area contributed by atoms with Crippen molar-refractivity contribution in [2.45, 2.75) is 13.0 Å². The number of nitrogens with zero attached hydrogens (tertiary/aromatic N) is 2. The average molecular weight is 199 g/mol. The van der Waals surface area contributed by atoms with E-state index < -0.39 is 0 Å². The fourth-order valence-electron chi connectivity index (χ4n) is 0.931. The lowest BCUT2D eigenvalue weighted by Gasteiger charge is -1.95. The van der Waals surface area contributed by atoms with Crippen LogP contribution in [0.5, 0.6) is 0 Å². The van der Waals surface area contributed by atoms with Gasteiger partial charge < -0.3 is 0 Å². The van der Waals surface area contributed by atoms with Gasteiger partial charge in [-0.15, -0.1) is 18.2 Å². The molecule has 70 valence electrons. The maximum absolute atomic E-state index is 11.1. The Morgan fingerprint density at radius 2 is 2.54 bits per heavy atom. The van der Waals surface area contributed by atoms with Crippen LogP contribution >= 0.6 is 11.6 Å². The van der Waals surface area contributed by atoms with Crippen LogP contribution in [0.25, 0.3) is 0 Å². The van der Waals surface area contributed by atoms with Gasteiger partial charge in [-0.3, -0.25) is 9.48 Å². The molecule has 0 amide bonds. The number of aryl methyl sites for hydroxylation is 1. The maximum atomic E-state index is 11.1. The number of alkyl halides is 1. The molecular weight excluding hydrogens is 188 g/mol. The van der Waals surface area contributed by atoms with E-state index in [4.69, 9.17) is 11.6 Å². The fourth-order valence-corrected chi connectivity index (χ4v) is 1.08. The number of hydrogen-bond donors (Lipinski definition) is 0. The summed E-state index contributed by atoms with van der Waals surface area (Å²) in [5.74, 6) is -0.0841. The molecule has 0 spiro atoms. The molecule has 1 aromatic rings. The van der Waals surface area contributed by atoms with Gasteiger partial charge in [-0.2, -0.15) is 5.10 Å². The minimum absolute atomic E-state index is 0.00709. The van der Waals surface area contributed by atoms with Crippen LogP contribution in [-0.2, 0) is 6.54 Å². The monoisotopic (exact) mass is 198 g/mol. The third kappa shape index (κ3) is 2.70. The van der Waals surface area contributed by atoms with Crippen LogP contribution in [0.1, 0.15) is 16.8 Å². The molecule has 1 aromatic heterocycles. The summed E-state index contributed by atoms with van der Waals surface area (Å²) >= 11 is 5.40. The number of carbonyl (C=O) groups excluding carboxylic acids is 1. The van der Waals surface area contributed by atoms with Crippen LogP contribution in [-0.4, -0.2) is 21.4 Å². The molecule has 3 nitrogen and oxygen atoms in total. The molecular formula is C9H11ClN2O. The highest BCUT2D eigenvalue weighted by Gasteiger charge is 2.05. The number of ketones is 1. The minimum Gasteiger partial charge on any atom is -0.293 e. The topological polar surface area (TPSA) is 34.9 Å². The molecule has 0 aliphatic heterocycles. The van der Waals surface area contributed by atoms with Crippen molar-refractivity contribution >= 4 is 17.4 Å². The Hall–Kier alpha value is -1.09. The number of aromatic nitrogens is 2. The molecule has 0 fully saturated rings. The summed E-state index contributed by atoms with van der Waals surface area (Å²) in [6, 6.07) is 0. The molecule has 0 atom stereocenters. The third-order valence-electron chi connectivity index (χ3n) is 1.64. The van der Waals surface area contributed by atoms with Gasteiger partial charge in [-0.25, -0.2) is 0 Å². The zero-order chi connectivity index (χ0) is 9.68. The Kier molecular flexibility index (Phi) is 3.71. The summed E-state index contributed by atoms with van der Waals surface area (Å²) in [5.41, 5.74) is 0.569. The lowest BCUT2D eigenvalue weighted by molar-refractivity contribution is 0.102. The molecule has 0 saturated carbocycles.